The molecule has 0 fully saturated rings. The van der Waals surface area contributed by atoms with Gasteiger partial charge in [0.05, 0.1) is 12.2 Å². The van der Waals surface area contributed by atoms with E-state index in [0.29, 0.717) is 26.7 Å². The van der Waals surface area contributed by atoms with Gasteiger partial charge in [0.1, 0.15) is 10.6 Å². The van der Waals surface area contributed by atoms with Crippen LogP contribution in [0.1, 0.15) is 27.6 Å². The summed E-state index contributed by atoms with van der Waals surface area (Å²) in [7, 11) is 0. The van der Waals surface area contributed by atoms with E-state index in [9.17, 15) is 14.4 Å². The summed E-state index contributed by atoms with van der Waals surface area (Å²) in [6.45, 7) is 1.38. The minimum Gasteiger partial charge on any atom is -0.462 e. The molecule has 0 atom stereocenters. The van der Waals surface area contributed by atoms with Crippen LogP contribution >= 0.6 is 45.5 Å². The fraction of sp³-hybridized carbons (Fsp3) is 0.136. The molecule has 9 heteroatoms. The Hall–Kier alpha value is -2.43. The van der Waals surface area contributed by atoms with E-state index in [2.05, 4.69) is 27.9 Å². The molecule has 0 radical (unpaired) electrons. The summed E-state index contributed by atoms with van der Waals surface area (Å²) in [6, 6.07) is 13.9. The van der Waals surface area contributed by atoms with Crippen LogP contribution in [0.3, 0.4) is 0 Å². The molecule has 31 heavy (non-hydrogen) atoms. The van der Waals surface area contributed by atoms with Crippen LogP contribution in [-0.2, 0) is 14.3 Å². The fourth-order valence-corrected chi connectivity index (χ4v) is 4.47. The number of thiophene rings is 1. The lowest BCUT2D eigenvalue weighted by molar-refractivity contribution is -0.119. The monoisotopic (exact) mass is 569 g/mol. The lowest BCUT2D eigenvalue weighted by Crippen LogP contribution is -2.21. The van der Waals surface area contributed by atoms with Gasteiger partial charge in [0, 0.05) is 25.1 Å². The third-order valence-electron chi connectivity index (χ3n) is 4.08. The summed E-state index contributed by atoms with van der Waals surface area (Å²) in [5, 5.41) is 5.12. The number of halogens is 2. The second-order valence-electron chi connectivity index (χ2n) is 6.19. The number of esters is 2. The number of benzene rings is 2. The molecular formula is C22H17ClINO5S. The zero-order chi connectivity index (χ0) is 22.4. The van der Waals surface area contributed by atoms with Gasteiger partial charge in [-0.1, -0.05) is 35.9 Å². The van der Waals surface area contributed by atoms with Gasteiger partial charge in [-0.05, 0) is 53.8 Å². The molecule has 160 valence electrons. The second-order valence-corrected chi connectivity index (χ2v) is 8.72. The first-order chi connectivity index (χ1) is 14.9. The first-order valence-corrected chi connectivity index (χ1v) is 11.5. The molecule has 0 unspecified atom stereocenters. The van der Waals surface area contributed by atoms with Crippen molar-refractivity contribution in [3.63, 3.8) is 0 Å². The maximum atomic E-state index is 12.6. The van der Waals surface area contributed by atoms with Crippen LogP contribution in [0.25, 0.3) is 11.1 Å². The predicted octanol–water partition coefficient (Wildman–Crippen LogP) is 5.65. The van der Waals surface area contributed by atoms with Gasteiger partial charge >= 0.3 is 11.9 Å². The molecule has 3 rings (SSSR count). The molecule has 2 aromatic carbocycles. The molecule has 0 aliphatic carbocycles. The molecule has 0 saturated carbocycles. The average Bonchev–Trinajstić information content (AvgIpc) is 3.15. The lowest BCUT2D eigenvalue weighted by atomic mass is 10.0. The van der Waals surface area contributed by atoms with Crippen molar-refractivity contribution in [3.8, 4) is 11.1 Å². The number of anilines is 1. The number of rotatable bonds is 7. The first-order valence-electron chi connectivity index (χ1n) is 9.16. The molecule has 0 saturated heterocycles. The van der Waals surface area contributed by atoms with Crippen molar-refractivity contribution < 1.29 is 23.9 Å². The SMILES string of the molecule is CCOC(=O)c1c(-c2ccccc2Cl)csc1NC(=O)COC(=O)c1cccc(I)c1. The van der Waals surface area contributed by atoms with Crippen LogP contribution in [0.15, 0.2) is 53.9 Å². The van der Waals surface area contributed by atoms with Gasteiger partial charge in [-0.25, -0.2) is 9.59 Å². The molecule has 0 spiro atoms. The van der Waals surface area contributed by atoms with Crippen molar-refractivity contribution >= 4 is 68.4 Å². The zero-order valence-electron chi connectivity index (χ0n) is 16.3. The summed E-state index contributed by atoms with van der Waals surface area (Å²) in [6.07, 6.45) is 0. The predicted molar refractivity (Wildman–Crippen MR) is 129 cm³/mol. The molecule has 1 N–H and O–H groups in total. The number of carbonyl (C=O) groups excluding carboxylic acids is 3. The first kappa shape index (κ1) is 23.2. The van der Waals surface area contributed by atoms with E-state index in [1.807, 2.05) is 6.07 Å². The molecule has 0 bridgehead atoms. The van der Waals surface area contributed by atoms with Crippen LogP contribution in [0.2, 0.25) is 5.02 Å². The molecule has 3 aromatic rings. The maximum absolute atomic E-state index is 12.6. The van der Waals surface area contributed by atoms with Gasteiger partial charge in [0.25, 0.3) is 5.91 Å². The summed E-state index contributed by atoms with van der Waals surface area (Å²) in [4.78, 5) is 37.1. The molecule has 1 aromatic heterocycles. The summed E-state index contributed by atoms with van der Waals surface area (Å²) in [5.41, 5.74) is 1.76. The molecule has 0 aliphatic rings. The third kappa shape index (κ3) is 5.84. The van der Waals surface area contributed by atoms with Crippen molar-refractivity contribution in [2.24, 2.45) is 0 Å². The van der Waals surface area contributed by atoms with E-state index in [-0.39, 0.29) is 12.2 Å². The standard InChI is InChI=1S/C22H17ClINO5S/c1-2-29-22(28)19-16(15-8-3-4-9-17(15)23)12-31-20(19)25-18(26)11-30-21(27)13-6-5-7-14(24)10-13/h3-10,12H,2,11H2,1H3,(H,25,26). The van der Waals surface area contributed by atoms with E-state index in [1.54, 1.807) is 54.8 Å². The van der Waals surface area contributed by atoms with E-state index >= 15 is 0 Å². The maximum Gasteiger partial charge on any atom is 0.341 e. The fourth-order valence-electron chi connectivity index (χ4n) is 2.73. The number of hydrogen-bond donors (Lipinski definition) is 1. The van der Waals surface area contributed by atoms with Gasteiger partial charge in [-0.3, -0.25) is 4.79 Å². The Morgan fingerprint density at radius 3 is 2.52 bits per heavy atom. The summed E-state index contributed by atoms with van der Waals surface area (Å²) >= 11 is 9.53. The van der Waals surface area contributed by atoms with Gasteiger partial charge < -0.3 is 14.8 Å². The number of carbonyl (C=O) groups is 3. The van der Waals surface area contributed by atoms with Gasteiger partial charge in [0.2, 0.25) is 0 Å². The highest BCUT2D eigenvalue weighted by Crippen LogP contribution is 2.39. The Morgan fingerprint density at radius 1 is 1.03 bits per heavy atom. The lowest BCUT2D eigenvalue weighted by Gasteiger charge is -2.10. The Labute approximate surface area is 201 Å². The van der Waals surface area contributed by atoms with Crippen LogP contribution in [0.5, 0.6) is 0 Å². The number of nitrogens with one attached hydrogen (secondary N) is 1. The minimum absolute atomic E-state index is 0.178. The van der Waals surface area contributed by atoms with Crippen LogP contribution in [0, 0.1) is 3.57 Å². The van der Waals surface area contributed by atoms with E-state index in [1.165, 1.54) is 0 Å². The van der Waals surface area contributed by atoms with Crippen molar-refractivity contribution in [2.75, 3.05) is 18.5 Å². The highest BCUT2D eigenvalue weighted by atomic mass is 127. The van der Waals surface area contributed by atoms with Gasteiger partial charge in [-0.15, -0.1) is 11.3 Å². The van der Waals surface area contributed by atoms with Gasteiger partial charge in [0.15, 0.2) is 6.61 Å². The Balaban J connectivity index is 1.77. The van der Waals surface area contributed by atoms with Crippen molar-refractivity contribution in [1.82, 2.24) is 0 Å². The van der Waals surface area contributed by atoms with E-state index < -0.39 is 24.5 Å². The molecule has 1 amide bonds. The average molecular weight is 570 g/mol. The molecule has 0 aliphatic heterocycles. The van der Waals surface area contributed by atoms with Crippen molar-refractivity contribution in [1.29, 1.82) is 0 Å². The quantitative estimate of drug-likeness (QED) is 0.294. The van der Waals surface area contributed by atoms with Crippen molar-refractivity contribution in [2.45, 2.75) is 6.92 Å². The van der Waals surface area contributed by atoms with Crippen LogP contribution in [-0.4, -0.2) is 31.1 Å². The van der Waals surface area contributed by atoms with Crippen molar-refractivity contribution in [3.05, 3.63) is 73.6 Å². The molecule has 6 nitrogen and oxygen atoms in total. The second kappa shape index (κ2) is 10.7. The topological polar surface area (TPSA) is 81.7 Å². The Kier molecular flexibility index (Phi) is 8.05. The summed E-state index contributed by atoms with van der Waals surface area (Å²) in [5.74, 6) is -1.76. The van der Waals surface area contributed by atoms with Crippen LogP contribution in [0.4, 0.5) is 5.00 Å². The zero-order valence-corrected chi connectivity index (χ0v) is 20.0. The van der Waals surface area contributed by atoms with E-state index in [0.717, 1.165) is 14.9 Å². The summed E-state index contributed by atoms with van der Waals surface area (Å²) < 4.78 is 11.1. The Bertz CT molecular complexity index is 1130. The van der Waals surface area contributed by atoms with Gasteiger partial charge in [-0.2, -0.15) is 0 Å². The highest BCUT2D eigenvalue weighted by Gasteiger charge is 2.24. The molecular weight excluding hydrogens is 553 g/mol. The Morgan fingerprint density at radius 2 is 1.81 bits per heavy atom. The highest BCUT2D eigenvalue weighted by molar-refractivity contribution is 14.1. The normalized spacial score (nSPS) is 10.4. The smallest absolute Gasteiger partial charge is 0.341 e. The number of ether oxygens (including phenoxy) is 2. The minimum atomic E-state index is -0.609. The van der Waals surface area contributed by atoms with Crippen LogP contribution < -0.4 is 5.32 Å². The number of hydrogen-bond acceptors (Lipinski definition) is 6. The third-order valence-corrected chi connectivity index (χ3v) is 5.98. The largest absolute Gasteiger partial charge is 0.462 e. The van der Waals surface area contributed by atoms with E-state index in [4.69, 9.17) is 21.1 Å². The molecule has 1 heterocycles. The number of amides is 1.